The second-order valence-electron chi connectivity index (χ2n) is 6.31. The fourth-order valence-electron chi connectivity index (χ4n) is 3.09. The molecule has 1 aliphatic heterocycles. The zero-order chi connectivity index (χ0) is 19.5. The van der Waals surface area contributed by atoms with E-state index in [0.717, 1.165) is 0 Å². The monoisotopic (exact) mass is 395 g/mol. The van der Waals surface area contributed by atoms with Crippen molar-refractivity contribution in [2.45, 2.75) is 31.0 Å². The summed E-state index contributed by atoms with van der Waals surface area (Å²) in [6, 6.07) is 1.26. The van der Waals surface area contributed by atoms with Gasteiger partial charge in [-0.2, -0.15) is 13.2 Å². The number of benzene rings is 1. The summed E-state index contributed by atoms with van der Waals surface area (Å²) in [5, 5.41) is 2.98. The van der Waals surface area contributed by atoms with Gasteiger partial charge in [0.1, 0.15) is 16.7 Å². The first kappa shape index (κ1) is 20.9. The van der Waals surface area contributed by atoms with E-state index in [9.17, 15) is 21.6 Å². The molecule has 148 valence electrons. The van der Waals surface area contributed by atoms with E-state index in [2.05, 4.69) is 10.0 Å². The molecule has 0 radical (unpaired) electrons. The lowest BCUT2D eigenvalue weighted by atomic mass is 10.1. The molecular weight excluding hydrogens is 371 g/mol. The Labute approximate surface area is 151 Å². The molecule has 6 nitrogen and oxygen atoms in total. The molecule has 0 aromatic heterocycles. The number of halogens is 3. The molecule has 10 heteroatoms. The van der Waals surface area contributed by atoms with Crippen molar-refractivity contribution in [1.82, 2.24) is 14.9 Å². The normalized spacial score (nSPS) is 17.9. The van der Waals surface area contributed by atoms with Crippen molar-refractivity contribution >= 4 is 10.0 Å². The average molecular weight is 395 g/mol. The lowest BCUT2D eigenvalue weighted by Crippen LogP contribution is -2.57. The number of piperazine rings is 1. The van der Waals surface area contributed by atoms with Crippen LogP contribution in [0.1, 0.15) is 11.1 Å². The van der Waals surface area contributed by atoms with Gasteiger partial charge in [-0.1, -0.05) is 6.07 Å². The zero-order valence-electron chi connectivity index (χ0n) is 15.0. The van der Waals surface area contributed by atoms with Crippen LogP contribution >= 0.6 is 0 Å². The summed E-state index contributed by atoms with van der Waals surface area (Å²) in [5.41, 5.74) is 1.28. The summed E-state index contributed by atoms with van der Waals surface area (Å²) in [4.78, 5) is 1.09. The summed E-state index contributed by atoms with van der Waals surface area (Å²) in [6.07, 6.45) is -4.54. The van der Waals surface area contributed by atoms with Gasteiger partial charge in [0.05, 0.1) is 7.11 Å². The van der Waals surface area contributed by atoms with Gasteiger partial charge in [0.2, 0.25) is 10.0 Å². The summed E-state index contributed by atoms with van der Waals surface area (Å²) in [7, 11) is -2.83. The maximum atomic E-state index is 13.4. The molecule has 1 aliphatic rings. The highest BCUT2D eigenvalue weighted by molar-refractivity contribution is 7.89. The van der Waals surface area contributed by atoms with Gasteiger partial charge in [-0.05, 0) is 31.0 Å². The minimum absolute atomic E-state index is 0.133. The van der Waals surface area contributed by atoms with E-state index in [0.29, 0.717) is 24.2 Å². The van der Waals surface area contributed by atoms with Crippen molar-refractivity contribution in [2.75, 3.05) is 39.8 Å². The Morgan fingerprint density at radius 1 is 1.27 bits per heavy atom. The first-order valence-electron chi connectivity index (χ1n) is 8.22. The summed E-state index contributed by atoms with van der Waals surface area (Å²) >= 11 is 0. The fraction of sp³-hybridized carbons (Fsp3) is 0.625. The number of aryl methyl sites for hydroxylation is 2. The van der Waals surface area contributed by atoms with E-state index in [1.807, 2.05) is 0 Å². The van der Waals surface area contributed by atoms with E-state index >= 15 is 0 Å². The molecule has 2 N–H and O–H groups in total. The predicted octanol–water partition coefficient (Wildman–Crippen LogP) is 1.43. The number of nitrogens with zero attached hydrogens (tertiary/aromatic N) is 1. The minimum Gasteiger partial charge on any atom is -0.495 e. The third-order valence-corrected chi connectivity index (χ3v) is 5.74. The number of methoxy groups -OCH3 is 1. The molecule has 1 atom stereocenters. The maximum Gasteiger partial charge on any atom is 0.405 e. The van der Waals surface area contributed by atoms with Gasteiger partial charge in [-0.3, -0.25) is 4.90 Å². The highest BCUT2D eigenvalue weighted by atomic mass is 32.2. The molecule has 0 aliphatic carbocycles. The molecule has 0 saturated carbocycles. The number of rotatable bonds is 6. The molecule has 26 heavy (non-hydrogen) atoms. The van der Waals surface area contributed by atoms with E-state index in [4.69, 9.17) is 4.74 Å². The van der Waals surface area contributed by atoms with Crippen molar-refractivity contribution in [3.63, 3.8) is 0 Å². The van der Waals surface area contributed by atoms with Crippen LogP contribution in [0.5, 0.6) is 5.75 Å². The highest BCUT2D eigenvalue weighted by Crippen LogP contribution is 2.30. The Hall–Kier alpha value is -1.36. The first-order valence-corrected chi connectivity index (χ1v) is 9.71. The van der Waals surface area contributed by atoms with Crippen molar-refractivity contribution in [2.24, 2.45) is 0 Å². The van der Waals surface area contributed by atoms with Crippen LogP contribution in [0.15, 0.2) is 17.0 Å². The largest absolute Gasteiger partial charge is 0.495 e. The topological polar surface area (TPSA) is 70.7 Å². The number of sulfonamides is 1. The van der Waals surface area contributed by atoms with Crippen LogP contribution < -0.4 is 14.8 Å². The molecule has 1 heterocycles. The van der Waals surface area contributed by atoms with E-state index in [1.165, 1.54) is 18.1 Å². The summed E-state index contributed by atoms with van der Waals surface area (Å²) in [6.45, 7) is 3.93. The highest BCUT2D eigenvalue weighted by Gasteiger charge is 2.44. The zero-order valence-corrected chi connectivity index (χ0v) is 15.8. The van der Waals surface area contributed by atoms with Gasteiger partial charge in [0.15, 0.2) is 0 Å². The molecule has 1 fully saturated rings. The molecule has 0 bridgehead atoms. The van der Waals surface area contributed by atoms with Gasteiger partial charge < -0.3 is 10.1 Å². The Kier molecular flexibility index (Phi) is 6.54. The van der Waals surface area contributed by atoms with Crippen LogP contribution in [0.4, 0.5) is 13.2 Å². The molecule has 1 saturated heterocycles. The van der Waals surface area contributed by atoms with Crippen LogP contribution in [0.2, 0.25) is 0 Å². The minimum atomic E-state index is -4.54. The molecule has 1 unspecified atom stereocenters. The fourth-order valence-corrected chi connectivity index (χ4v) is 4.45. The quantitative estimate of drug-likeness (QED) is 0.763. The smallest absolute Gasteiger partial charge is 0.405 e. The first-order chi connectivity index (χ1) is 12.1. The number of hydrogen-bond donors (Lipinski definition) is 2. The average Bonchev–Trinajstić information content (AvgIpc) is 2.54. The summed E-state index contributed by atoms with van der Waals surface area (Å²) in [5.74, 6) is 0.133. The van der Waals surface area contributed by atoms with Crippen LogP contribution in [0.3, 0.4) is 0 Å². The second-order valence-corrected chi connectivity index (χ2v) is 8.04. The van der Waals surface area contributed by atoms with Gasteiger partial charge in [0.25, 0.3) is 0 Å². The lowest BCUT2D eigenvalue weighted by molar-refractivity contribution is -0.182. The number of hydrogen-bond acceptors (Lipinski definition) is 5. The Bertz CT molecular complexity index is 732. The van der Waals surface area contributed by atoms with Crippen molar-refractivity contribution in [3.8, 4) is 5.75 Å². The molecule has 0 amide bonds. The third-order valence-electron chi connectivity index (χ3n) is 4.32. The Balaban J connectivity index is 2.25. The Morgan fingerprint density at radius 2 is 1.88 bits per heavy atom. The van der Waals surface area contributed by atoms with Crippen LogP contribution in [0.25, 0.3) is 0 Å². The van der Waals surface area contributed by atoms with Crippen LogP contribution in [-0.4, -0.2) is 65.4 Å². The second kappa shape index (κ2) is 8.12. The van der Waals surface area contributed by atoms with Crippen LogP contribution in [-0.2, 0) is 10.0 Å². The Morgan fingerprint density at radius 3 is 2.42 bits per heavy atom. The molecule has 2 rings (SSSR count). The van der Waals surface area contributed by atoms with Gasteiger partial charge in [0, 0.05) is 32.7 Å². The lowest BCUT2D eigenvalue weighted by Gasteiger charge is -2.35. The van der Waals surface area contributed by atoms with Crippen LogP contribution in [0, 0.1) is 13.8 Å². The number of nitrogens with one attached hydrogen (secondary N) is 2. The third kappa shape index (κ3) is 4.87. The molecule has 0 spiro atoms. The number of ether oxygens (including phenoxy) is 1. The van der Waals surface area contributed by atoms with E-state index < -0.39 is 28.8 Å². The van der Waals surface area contributed by atoms with E-state index in [-0.39, 0.29) is 23.7 Å². The standard InChI is InChI=1S/C16H24F3N3O3S/c1-11-8-12(2)15(25-3)13(9-11)26(23,24)21-10-14(16(17,18)19)22-6-4-20-5-7-22/h8-9,14,20-21H,4-7,10H2,1-3H3. The molecule has 1 aromatic rings. The van der Waals surface area contributed by atoms with Crippen molar-refractivity contribution in [1.29, 1.82) is 0 Å². The van der Waals surface area contributed by atoms with Gasteiger partial charge in [-0.15, -0.1) is 0 Å². The van der Waals surface area contributed by atoms with Gasteiger partial charge in [-0.25, -0.2) is 13.1 Å². The van der Waals surface area contributed by atoms with E-state index in [1.54, 1.807) is 19.9 Å². The van der Waals surface area contributed by atoms with Crippen molar-refractivity contribution < 1.29 is 26.3 Å². The maximum absolute atomic E-state index is 13.4. The SMILES string of the molecule is COc1c(C)cc(C)cc1S(=O)(=O)NCC(N1CCNCC1)C(F)(F)F. The summed E-state index contributed by atoms with van der Waals surface area (Å²) < 4.78 is 72.9. The van der Waals surface area contributed by atoms with Gasteiger partial charge >= 0.3 is 6.18 Å². The predicted molar refractivity (Wildman–Crippen MR) is 91.9 cm³/mol. The molecular formula is C16H24F3N3O3S. The number of alkyl halides is 3. The van der Waals surface area contributed by atoms with Crippen molar-refractivity contribution in [3.05, 3.63) is 23.3 Å². The molecule has 1 aromatic carbocycles.